The van der Waals surface area contributed by atoms with Gasteiger partial charge in [0.2, 0.25) is 0 Å². The third-order valence-electron chi connectivity index (χ3n) is 9.22. The highest BCUT2D eigenvalue weighted by atomic mass is 32.3. The van der Waals surface area contributed by atoms with Crippen LogP contribution in [0.15, 0.2) is 30.6 Å². The van der Waals surface area contributed by atoms with E-state index in [2.05, 4.69) is 18.8 Å². The quantitative estimate of drug-likeness (QED) is 0.604. The highest BCUT2D eigenvalue weighted by Crippen LogP contribution is 2.66. The molecular formula is C24H37NO4S. The molecule has 30 heavy (non-hydrogen) atoms. The molecule has 6 heteroatoms. The zero-order valence-electron chi connectivity index (χ0n) is 18.4. The second-order valence-electron chi connectivity index (χ2n) is 10.7. The normalized spacial score (nSPS) is 42.8. The van der Waals surface area contributed by atoms with E-state index in [1.807, 2.05) is 18.2 Å². The first-order valence-electron chi connectivity index (χ1n) is 11.7. The second-order valence-corrected chi connectivity index (χ2v) is 11.7. The minimum absolute atomic E-state index is 0.324. The van der Waals surface area contributed by atoms with Crippen molar-refractivity contribution >= 4 is 10.4 Å². The lowest BCUT2D eigenvalue weighted by Crippen LogP contribution is -2.53. The monoisotopic (exact) mass is 435 g/mol. The predicted octanol–water partition coefficient (Wildman–Crippen LogP) is 5.69. The van der Waals surface area contributed by atoms with Crippen molar-refractivity contribution in [3.05, 3.63) is 30.6 Å². The highest BCUT2D eigenvalue weighted by Gasteiger charge is 2.58. The van der Waals surface area contributed by atoms with Crippen molar-refractivity contribution in [2.45, 2.75) is 84.2 Å². The van der Waals surface area contributed by atoms with E-state index in [1.54, 1.807) is 12.4 Å². The molecule has 4 saturated carbocycles. The minimum atomic E-state index is -4.32. The summed E-state index contributed by atoms with van der Waals surface area (Å²) >= 11 is 0. The van der Waals surface area contributed by atoms with Crippen LogP contribution in [0.1, 0.15) is 78.1 Å². The van der Waals surface area contributed by atoms with Crippen LogP contribution in [0.5, 0.6) is 0 Å². The zero-order valence-corrected chi connectivity index (χ0v) is 19.2. The average molecular weight is 436 g/mol. The van der Waals surface area contributed by atoms with Gasteiger partial charge in [0.15, 0.2) is 0 Å². The van der Waals surface area contributed by atoms with Crippen LogP contribution in [0.3, 0.4) is 0 Å². The molecule has 168 valence electrons. The molecule has 5 rings (SSSR count). The number of fused-ring (bicyclic) bond motifs is 5. The van der Waals surface area contributed by atoms with Crippen molar-refractivity contribution in [1.29, 1.82) is 0 Å². The van der Waals surface area contributed by atoms with Crippen molar-refractivity contribution in [1.82, 2.24) is 4.98 Å². The SMILES string of the molecule is C[C@@]12CCC[C@H]1[C@@H]1CC[C@@H]3C[C@H](OS(=O)(=O)O)CC[C@]3(C)[C@H]1CC2.c1ccncc1. The van der Waals surface area contributed by atoms with E-state index in [1.165, 1.54) is 44.9 Å². The maximum atomic E-state index is 11.1. The van der Waals surface area contributed by atoms with Crippen molar-refractivity contribution < 1.29 is 17.2 Å². The Balaban J connectivity index is 0.000000313. The Bertz CT molecular complexity index is 789. The summed E-state index contributed by atoms with van der Waals surface area (Å²) in [7, 11) is -4.32. The van der Waals surface area contributed by atoms with Crippen molar-refractivity contribution in [3.63, 3.8) is 0 Å². The molecule has 0 unspecified atom stereocenters. The van der Waals surface area contributed by atoms with E-state index in [0.29, 0.717) is 16.7 Å². The molecule has 1 aromatic heterocycles. The Kier molecular flexibility index (Phi) is 6.31. The van der Waals surface area contributed by atoms with Crippen LogP contribution >= 0.6 is 0 Å². The second kappa shape index (κ2) is 8.51. The van der Waals surface area contributed by atoms with Crippen LogP contribution in [0.25, 0.3) is 0 Å². The molecule has 1 N–H and O–H groups in total. The van der Waals surface area contributed by atoms with Gasteiger partial charge in [-0.15, -0.1) is 0 Å². The van der Waals surface area contributed by atoms with Crippen LogP contribution in [0, 0.1) is 34.5 Å². The Morgan fingerprint density at radius 2 is 1.70 bits per heavy atom. The molecule has 0 bridgehead atoms. The molecule has 0 spiro atoms. The summed E-state index contributed by atoms with van der Waals surface area (Å²) < 4.78 is 36.0. The Morgan fingerprint density at radius 3 is 2.33 bits per heavy atom. The average Bonchev–Trinajstić information content (AvgIpc) is 3.11. The van der Waals surface area contributed by atoms with E-state index in [-0.39, 0.29) is 6.10 Å². The van der Waals surface area contributed by atoms with E-state index in [0.717, 1.165) is 37.0 Å². The van der Waals surface area contributed by atoms with Crippen LogP contribution < -0.4 is 0 Å². The molecule has 4 aliphatic carbocycles. The summed E-state index contributed by atoms with van der Waals surface area (Å²) in [5, 5.41) is 0. The maximum Gasteiger partial charge on any atom is 0.397 e. The molecule has 4 fully saturated rings. The van der Waals surface area contributed by atoms with Gasteiger partial charge in [0, 0.05) is 12.4 Å². The third kappa shape index (κ3) is 4.46. The summed E-state index contributed by atoms with van der Waals surface area (Å²) in [5.41, 5.74) is 0.932. The first-order chi connectivity index (χ1) is 14.2. The molecule has 0 amide bonds. The van der Waals surface area contributed by atoms with Crippen molar-refractivity contribution in [2.24, 2.45) is 34.5 Å². The fourth-order valence-corrected chi connectivity index (χ4v) is 8.30. The number of rotatable bonds is 2. The standard InChI is InChI=1S/C19H32O4S.C5H5N/c1-18-9-3-4-16(18)15-6-5-13-12-14(23-24(20,21)22)7-11-19(13,2)17(15)8-10-18;1-2-4-6-5-3-1/h13-17H,3-12H2,1-2H3,(H,20,21,22);1-5H/t13-,14-,15+,16+,17+,18+,19+;/m1./s1. The van der Waals surface area contributed by atoms with Crippen molar-refractivity contribution in [3.8, 4) is 0 Å². The molecule has 5 nitrogen and oxygen atoms in total. The van der Waals surface area contributed by atoms with Gasteiger partial charge in [0.1, 0.15) is 0 Å². The Morgan fingerprint density at radius 1 is 0.933 bits per heavy atom. The largest absolute Gasteiger partial charge is 0.397 e. The fourth-order valence-electron chi connectivity index (χ4n) is 7.78. The van der Waals surface area contributed by atoms with Crippen molar-refractivity contribution in [2.75, 3.05) is 0 Å². The summed E-state index contributed by atoms with van der Waals surface area (Å²) in [6.07, 6.45) is 15.3. The Labute approximate surface area is 182 Å². The van der Waals surface area contributed by atoms with E-state index >= 15 is 0 Å². The molecule has 1 aromatic rings. The molecule has 7 atom stereocenters. The predicted molar refractivity (Wildman–Crippen MR) is 117 cm³/mol. The first kappa shape index (κ1) is 22.2. The lowest BCUT2D eigenvalue weighted by molar-refractivity contribution is -0.118. The van der Waals surface area contributed by atoms with Crippen LogP contribution in [-0.4, -0.2) is 24.1 Å². The Hall–Kier alpha value is -0.980. The topological polar surface area (TPSA) is 76.5 Å². The number of hydrogen-bond acceptors (Lipinski definition) is 4. The number of hydrogen-bond donors (Lipinski definition) is 1. The maximum absolute atomic E-state index is 11.1. The van der Waals surface area contributed by atoms with Crippen LogP contribution in [-0.2, 0) is 14.6 Å². The lowest BCUT2D eigenvalue weighted by atomic mass is 9.45. The molecule has 0 saturated heterocycles. The molecule has 4 aliphatic rings. The minimum Gasteiger partial charge on any atom is -0.265 e. The fraction of sp³-hybridized carbons (Fsp3) is 0.792. The van der Waals surface area contributed by atoms with Gasteiger partial charge in [0.05, 0.1) is 6.10 Å². The van der Waals surface area contributed by atoms with Gasteiger partial charge >= 0.3 is 10.4 Å². The van der Waals surface area contributed by atoms with Crippen LogP contribution in [0.4, 0.5) is 0 Å². The molecule has 0 aromatic carbocycles. The van der Waals surface area contributed by atoms with Gasteiger partial charge < -0.3 is 0 Å². The number of aromatic nitrogens is 1. The highest BCUT2D eigenvalue weighted by molar-refractivity contribution is 7.80. The van der Waals surface area contributed by atoms with Crippen LogP contribution in [0.2, 0.25) is 0 Å². The molecule has 0 radical (unpaired) electrons. The molecule has 1 heterocycles. The van der Waals surface area contributed by atoms with Gasteiger partial charge in [-0.2, -0.15) is 8.42 Å². The number of nitrogens with zero attached hydrogens (tertiary/aromatic N) is 1. The van der Waals surface area contributed by atoms with E-state index in [4.69, 9.17) is 8.74 Å². The lowest BCUT2D eigenvalue weighted by Gasteiger charge is -2.60. The van der Waals surface area contributed by atoms with E-state index < -0.39 is 10.4 Å². The van der Waals surface area contributed by atoms with E-state index in [9.17, 15) is 8.42 Å². The summed E-state index contributed by atoms with van der Waals surface area (Å²) in [5.74, 6) is 3.15. The third-order valence-corrected chi connectivity index (χ3v) is 9.74. The molecule has 0 aliphatic heterocycles. The summed E-state index contributed by atoms with van der Waals surface area (Å²) in [6, 6.07) is 5.72. The van der Waals surface area contributed by atoms with Gasteiger partial charge in [-0.1, -0.05) is 26.3 Å². The summed E-state index contributed by atoms with van der Waals surface area (Å²) in [6.45, 7) is 5.00. The molecular weight excluding hydrogens is 398 g/mol. The van der Waals surface area contributed by atoms with Gasteiger partial charge in [0.25, 0.3) is 0 Å². The first-order valence-corrected chi connectivity index (χ1v) is 13.1. The smallest absolute Gasteiger partial charge is 0.265 e. The van der Waals surface area contributed by atoms with Gasteiger partial charge in [-0.05, 0) is 104 Å². The van der Waals surface area contributed by atoms with Gasteiger partial charge in [-0.25, -0.2) is 4.18 Å². The summed E-state index contributed by atoms with van der Waals surface area (Å²) in [4.78, 5) is 3.78. The zero-order chi connectivity index (χ0) is 21.4. The van der Waals surface area contributed by atoms with Gasteiger partial charge in [-0.3, -0.25) is 9.54 Å². The number of pyridine rings is 1.